The fourth-order valence-electron chi connectivity index (χ4n) is 5.86. The number of nitrogens with one attached hydrogen (secondary N) is 2. The number of carbonyl (C=O) groups excluding carboxylic acids is 2. The van der Waals surface area contributed by atoms with E-state index in [9.17, 15) is 9.59 Å². The zero-order valence-electron chi connectivity index (χ0n) is 25.1. The molecule has 4 N–H and O–H groups in total. The SMILES string of the molecule is CCOC(=O)c1ccc2c(c1)NC(=O)/C2=C(\Nc1ccc(C(N)(Cc2ccccc2)Cc2ccccc2)cc1)c1ccccc1. The molecule has 0 aromatic heterocycles. The molecule has 1 heterocycles. The van der Waals surface area contributed by atoms with Crippen molar-refractivity contribution >= 4 is 34.5 Å². The molecule has 45 heavy (non-hydrogen) atoms. The molecule has 1 amide bonds. The quantitative estimate of drug-likeness (QED) is 0.116. The van der Waals surface area contributed by atoms with Crippen molar-refractivity contribution in [1.29, 1.82) is 0 Å². The predicted molar refractivity (Wildman–Crippen MR) is 181 cm³/mol. The third-order valence-corrected chi connectivity index (χ3v) is 8.04. The Morgan fingerprint density at radius 1 is 0.756 bits per heavy atom. The zero-order valence-corrected chi connectivity index (χ0v) is 25.1. The number of benzene rings is 5. The van der Waals surface area contributed by atoms with Crippen LogP contribution in [0.1, 0.15) is 45.1 Å². The Bertz CT molecular complexity index is 1790. The molecular formula is C39H35N3O3. The molecular weight excluding hydrogens is 558 g/mol. The summed E-state index contributed by atoms with van der Waals surface area (Å²) in [5, 5.41) is 6.47. The highest BCUT2D eigenvalue weighted by Crippen LogP contribution is 2.38. The van der Waals surface area contributed by atoms with Crippen molar-refractivity contribution in [3.8, 4) is 0 Å². The van der Waals surface area contributed by atoms with Crippen LogP contribution in [-0.2, 0) is 27.9 Å². The van der Waals surface area contributed by atoms with Crippen molar-refractivity contribution in [1.82, 2.24) is 0 Å². The second kappa shape index (κ2) is 13.0. The monoisotopic (exact) mass is 593 g/mol. The van der Waals surface area contributed by atoms with Crippen LogP contribution in [0.2, 0.25) is 0 Å². The van der Waals surface area contributed by atoms with E-state index in [1.165, 1.54) is 11.1 Å². The van der Waals surface area contributed by atoms with Gasteiger partial charge in [0, 0.05) is 16.8 Å². The molecule has 0 saturated carbocycles. The Morgan fingerprint density at radius 2 is 1.33 bits per heavy atom. The highest BCUT2D eigenvalue weighted by atomic mass is 16.5. The van der Waals surface area contributed by atoms with Crippen molar-refractivity contribution in [3.05, 3.63) is 167 Å². The van der Waals surface area contributed by atoms with Gasteiger partial charge in [-0.1, -0.05) is 109 Å². The first-order chi connectivity index (χ1) is 21.9. The van der Waals surface area contributed by atoms with Crippen LogP contribution in [0.25, 0.3) is 11.3 Å². The number of hydrogen-bond acceptors (Lipinski definition) is 5. The molecule has 5 aromatic carbocycles. The van der Waals surface area contributed by atoms with Crippen LogP contribution in [0, 0.1) is 0 Å². The number of nitrogens with two attached hydrogens (primary N) is 1. The summed E-state index contributed by atoms with van der Waals surface area (Å²) in [7, 11) is 0. The molecule has 1 aliphatic heterocycles. The minimum Gasteiger partial charge on any atom is -0.462 e. The summed E-state index contributed by atoms with van der Waals surface area (Å²) in [4.78, 5) is 25.8. The Morgan fingerprint density at radius 3 is 1.91 bits per heavy atom. The molecule has 5 aromatic rings. The number of anilines is 2. The highest BCUT2D eigenvalue weighted by molar-refractivity contribution is 6.37. The van der Waals surface area contributed by atoms with Gasteiger partial charge >= 0.3 is 5.97 Å². The summed E-state index contributed by atoms with van der Waals surface area (Å²) in [6.07, 6.45) is 1.36. The average Bonchev–Trinajstić information content (AvgIpc) is 3.40. The topological polar surface area (TPSA) is 93.4 Å². The third-order valence-electron chi connectivity index (χ3n) is 8.04. The van der Waals surface area contributed by atoms with E-state index in [2.05, 4.69) is 47.0 Å². The van der Waals surface area contributed by atoms with Gasteiger partial charge in [-0.2, -0.15) is 0 Å². The smallest absolute Gasteiger partial charge is 0.338 e. The summed E-state index contributed by atoms with van der Waals surface area (Å²) < 4.78 is 5.15. The normalized spacial score (nSPS) is 13.5. The molecule has 0 unspecified atom stereocenters. The van der Waals surface area contributed by atoms with Crippen LogP contribution < -0.4 is 16.4 Å². The molecule has 0 atom stereocenters. The second-order valence-electron chi connectivity index (χ2n) is 11.2. The number of esters is 1. The Labute approximate surface area is 263 Å². The van der Waals surface area contributed by atoms with Gasteiger partial charge in [-0.25, -0.2) is 4.79 Å². The lowest BCUT2D eigenvalue weighted by Gasteiger charge is -2.31. The van der Waals surface area contributed by atoms with Crippen LogP contribution in [0.4, 0.5) is 11.4 Å². The van der Waals surface area contributed by atoms with E-state index >= 15 is 0 Å². The molecule has 6 rings (SSSR count). The minimum atomic E-state index is -0.636. The van der Waals surface area contributed by atoms with E-state index in [0.717, 1.165) is 16.8 Å². The van der Waals surface area contributed by atoms with Gasteiger partial charge in [-0.3, -0.25) is 4.79 Å². The van der Waals surface area contributed by atoms with Crippen LogP contribution in [0.15, 0.2) is 133 Å². The summed E-state index contributed by atoms with van der Waals surface area (Å²) >= 11 is 0. The fraction of sp³-hybridized carbons (Fsp3) is 0.128. The number of fused-ring (bicyclic) bond motifs is 1. The molecule has 0 radical (unpaired) electrons. The molecule has 0 aliphatic carbocycles. The predicted octanol–water partition coefficient (Wildman–Crippen LogP) is 7.44. The Balaban J connectivity index is 1.36. The van der Waals surface area contributed by atoms with E-state index in [1.54, 1.807) is 25.1 Å². The third kappa shape index (κ3) is 6.56. The number of hydrogen-bond donors (Lipinski definition) is 3. The Kier molecular flexibility index (Phi) is 8.58. The van der Waals surface area contributed by atoms with E-state index in [0.29, 0.717) is 40.9 Å². The van der Waals surface area contributed by atoms with Gasteiger partial charge in [-0.15, -0.1) is 0 Å². The fourth-order valence-corrected chi connectivity index (χ4v) is 5.86. The van der Waals surface area contributed by atoms with E-state index in [-0.39, 0.29) is 12.5 Å². The first kappa shape index (κ1) is 29.6. The first-order valence-corrected chi connectivity index (χ1v) is 15.1. The first-order valence-electron chi connectivity index (χ1n) is 15.1. The van der Waals surface area contributed by atoms with Crippen molar-refractivity contribution < 1.29 is 14.3 Å². The van der Waals surface area contributed by atoms with E-state index in [1.807, 2.05) is 78.9 Å². The molecule has 0 fully saturated rings. The van der Waals surface area contributed by atoms with Crippen molar-refractivity contribution in [2.45, 2.75) is 25.3 Å². The maximum Gasteiger partial charge on any atom is 0.338 e. The van der Waals surface area contributed by atoms with Crippen LogP contribution >= 0.6 is 0 Å². The number of carbonyl (C=O) groups is 2. The standard InChI is InChI=1S/C39H35N3O3/c1-2-45-38(44)30-18-23-33-34(24-30)42-37(43)35(33)36(29-16-10-5-11-17-29)41-32-21-19-31(20-22-32)39(40,25-27-12-6-3-7-13-27)26-28-14-8-4-9-15-28/h3-24,41H,2,25-26,40H2,1H3,(H,42,43)/b36-35-. The molecule has 224 valence electrons. The molecule has 0 spiro atoms. The summed E-state index contributed by atoms with van der Waals surface area (Å²) in [5.74, 6) is -0.676. The van der Waals surface area contributed by atoms with Gasteiger partial charge < -0.3 is 21.1 Å². The van der Waals surface area contributed by atoms with Gasteiger partial charge in [0.05, 0.1) is 29.1 Å². The zero-order chi connectivity index (χ0) is 31.2. The molecule has 6 heteroatoms. The number of rotatable bonds is 10. The van der Waals surface area contributed by atoms with E-state index < -0.39 is 11.5 Å². The summed E-state index contributed by atoms with van der Waals surface area (Å²) in [6, 6.07) is 43.7. The second-order valence-corrected chi connectivity index (χ2v) is 11.2. The average molecular weight is 594 g/mol. The minimum absolute atomic E-state index is 0.249. The van der Waals surface area contributed by atoms with Gasteiger partial charge in [0.2, 0.25) is 0 Å². The van der Waals surface area contributed by atoms with Gasteiger partial charge in [-0.05, 0) is 66.3 Å². The largest absolute Gasteiger partial charge is 0.462 e. The van der Waals surface area contributed by atoms with Crippen LogP contribution in [0.5, 0.6) is 0 Å². The van der Waals surface area contributed by atoms with Crippen LogP contribution in [-0.4, -0.2) is 18.5 Å². The lowest BCUT2D eigenvalue weighted by Crippen LogP contribution is -2.41. The molecule has 6 nitrogen and oxygen atoms in total. The summed E-state index contributed by atoms with van der Waals surface area (Å²) in [5.41, 5.74) is 14.5. The van der Waals surface area contributed by atoms with Crippen LogP contribution in [0.3, 0.4) is 0 Å². The van der Waals surface area contributed by atoms with Crippen molar-refractivity contribution in [2.24, 2.45) is 5.73 Å². The maximum absolute atomic E-state index is 13.4. The lowest BCUT2D eigenvalue weighted by atomic mass is 9.80. The van der Waals surface area contributed by atoms with Gasteiger partial charge in [0.15, 0.2) is 0 Å². The van der Waals surface area contributed by atoms with Crippen molar-refractivity contribution in [3.63, 3.8) is 0 Å². The van der Waals surface area contributed by atoms with Gasteiger partial charge in [0.1, 0.15) is 0 Å². The van der Waals surface area contributed by atoms with Gasteiger partial charge in [0.25, 0.3) is 5.91 Å². The molecule has 1 aliphatic rings. The lowest BCUT2D eigenvalue weighted by molar-refractivity contribution is -0.110. The maximum atomic E-state index is 13.4. The highest BCUT2D eigenvalue weighted by Gasteiger charge is 2.31. The molecule has 0 bridgehead atoms. The summed E-state index contributed by atoms with van der Waals surface area (Å²) in [6.45, 7) is 2.04. The number of ether oxygens (including phenoxy) is 1. The number of amides is 1. The van der Waals surface area contributed by atoms with E-state index in [4.69, 9.17) is 10.5 Å². The Hall–Kier alpha value is -5.46. The molecule has 0 saturated heterocycles. The van der Waals surface area contributed by atoms with Crippen molar-refractivity contribution in [2.75, 3.05) is 17.2 Å².